The highest BCUT2D eigenvalue weighted by Gasteiger charge is 2.38. The van der Waals surface area contributed by atoms with Crippen molar-refractivity contribution in [3.05, 3.63) is 54.0 Å². The summed E-state index contributed by atoms with van der Waals surface area (Å²) in [5.74, 6) is -0.514. The summed E-state index contributed by atoms with van der Waals surface area (Å²) in [5.41, 5.74) is 2.67. The fourth-order valence-corrected chi connectivity index (χ4v) is 3.82. The molecule has 0 spiro atoms. The van der Waals surface area contributed by atoms with E-state index in [4.69, 9.17) is 4.98 Å². The number of hydrogen-bond acceptors (Lipinski definition) is 5. The molecule has 2 heterocycles. The first-order valence-corrected chi connectivity index (χ1v) is 10.3. The maximum absolute atomic E-state index is 12.6. The molecule has 0 aliphatic heterocycles. The predicted octanol–water partition coefficient (Wildman–Crippen LogP) is 5.31. The van der Waals surface area contributed by atoms with Gasteiger partial charge in [-0.1, -0.05) is 37.2 Å². The first kappa shape index (κ1) is 23.7. The molecule has 0 N–H and O–H groups in total. The Bertz CT molecular complexity index is 1110. The second kappa shape index (κ2) is 9.28. The van der Waals surface area contributed by atoms with Gasteiger partial charge in [-0.05, 0) is 49.7 Å². The van der Waals surface area contributed by atoms with Crippen LogP contribution in [0.1, 0.15) is 43.4 Å². The number of aryl methyl sites for hydroxylation is 1. The van der Waals surface area contributed by atoms with Gasteiger partial charge in [-0.2, -0.15) is 18.2 Å². The molecular formula is C23H28F3N5O. The van der Waals surface area contributed by atoms with E-state index in [1.54, 1.807) is 6.08 Å². The molecule has 6 nitrogen and oxygen atoms in total. The quantitative estimate of drug-likeness (QED) is 0.416. The highest BCUT2D eigenvalue weighted by Crippen LogP contribution is 2.28. The van der Waals surface area contributed by atoms with E-state index in [0.29, 0.717) is 0 Å². The molecule has 0 radical (unpaired) electrons. The van der Waals surface area contributed by atoms with Crippen LogP contribution in [0.2, 0.25) is 0 Å². The fourth-order valence-electron chi connectivity index (χ4n) is 3.82. The summed E-state index contributed by atoms with van der Waals surface area (Å²) in [4.78, 5) is 10.4. The summed E-state index contributed by atoms with van der Waals surface area (Å²) in [6.45, 7) is 10.0. The van der Waals surface area contributed by atoms with Crippen molar-refractivity contribution in [2.24, 2.45) is 5.41 Å². The number of imidazole rings is 1. The van der Waals surface area contributed by atoms with Crippen LogP contribution in [0.15, 0.2) is 35.4 Å². The minimum Gasteiger partial charge on any atom is -0.329 e. The standard InChI is InChI=1S/C23H28F3N5O/c1-6-7-8-20-27-17-13-16(10-12-19-28-21(32-29-19)23(24,25)26)9-11-18(17)31(20)15-22(2,3)14-30(4)5/h6,9-13H,1,7-8,14-15H2,2-5H3/b12-10+. The molecule has 3 rings (SSSR count). The fraction of sp³-hybridized carbons (Fsp3) is 0.435. The number of aromatic nitrogens is 4. The first-order valence-electron chi connectivity index (χ1n) is 10.3. The summed E-state index contributed by atoms with van der Waals surface area (Å²) >= 11 is 0. The Balaban J connectivity index is 1.91. The van der Waals surface area contributed by atoms with Gasteiger partial charge in [-0.25, -0.2) is 4.98 Å². The van der Waals surface area contributed by atoms with Crippen molar-refractivity contribution in [1.82, 2.24) is 24.6 Å². The van der Waals surface area contributed by atoms with E-state index in [1.165, 1.54) is 6.08 Å². The van der Waals surface area contributed by atoms with Gasteiger partial charge >= 0.3 is 12.1 Å². The summed E-state index contributed by atoms with van der Waals surface area (Å²) in [6.07, 6.45) is 1.85. The zero-order valence-electron chi connectivity index (χ0n) is 18.8. The van der Waals surface area contributed by atoms with Gasteiger partial charge in [0.2, 0.25) is 0 Å². The van der Waals surface area contributed by atoms with Crippen LogP contribution in [-0.4, -0.2) is 45.2 Å². The van der Waals surface area contributed by atoms with Crippen LogP contribution in [0.4, 0.5) is 13.2 Å². The lowest BCUT2D eigenvalue weighted by Crippen LogP contribution is -2.32. The van der Waals surface area contributed by atoms with Gasteiger partial charge in [0.25, 0.3) is 0 Å². The Morgan fingerprint density at radius 1 is 1.16 bits per heavy atom. The highest BCUT2D eigenvalue weighted by atomic mass is 19.4. The topological polar surface area (TPSA) is 60.0 Å². The number of alkyl halides is 3. The Hall–Kier alpha value is -2.94. The van der Waals surface area contributed by atoms with E-state index in [0.717, 1.165) is 48.4 Å². The number of halogens is 3. The lowest BCUT2D eigenvalue weighted by atomic mass is 9.92. The molecule has 172 valence electrons. The van der Waals surface area contributed by atoms with E-state index in [2.05, 4.69) is 58.7 Å². The predicted molar refractivity (Wildman–Crippen MR) is 119 cm³/mol. The van der Waals surface area contributed by atoms with Crippen LogP contribution in [0.3, 0.4) is 0 Å². The average Bonchev–Trinajstić information content (AvgIpc) is 3.28. The van der Waals surface area contributed by atoms with Crippen molar-refractivity contribution < 1.29 is 17.7 Å². The maximum atomic E-state index is 12.6. The smallest absolute Gasteiger partial charge is 0.329 e. The van der Waals surface area contributed by atoms with E-state index in [9.17, 15) is 13.2 Å². The number of fused-ring (bicyclic) bond motifs is 1. The largest absolute Gasteiger partial charge is 0.471 e. The summed E-state index contributed by atoms with van der Waals surface area (Å²) in [5, 5.41) is 3.35. The molecule has 0 amide bonds. The number of benzene rings is 1. The average molecular weight is 448 g/mol. The van der Waals surface area contributed by atoms with E-state index >= 15 is 0 Å². The summed E-state index contributed by atoms with van der Waals surface area (Å²) in [7, 11) is 4.12. The molecule has 0 saturated carbocycles. The minimum atomic E-state index is -4.66. The molecule has 0 bridgehead atoms. The third-order valence-corrected chi connectivity index (χ3v) is 4.86. The molecule has 0 aliphatic carbocycles. The molecule has 32 heavy (non-hydrogen) atoms. The SMILES string of the molecule is C=CCCc1nc2cc(/C=C/c3noc(C(F)(F)F)n3)ccc2n1CC(C)(C)CN(C)C. The summed E-state index contributed by atoms with van der Waals surface area (Å²) in [6, 6.07) is 5.80. The van der Waals surface area contributed by atoms with Crippen LogP contribution in [0, 0.1) is 5.41 Å². The molecule has 0 atom stereocenters. The van der Waals surface area contributed by atoms with E-state index in [1.807, 2.05) is 24.3 Å². The van der Waals surface area contributed by atoms with Crippen LogP contribution < -0.4 is 0 Å². The summed E-state index contributed by atoms with van der Waals surface area (Å²) < 4.78 is 44.4. The van der Waals surface area contributed by atoms with Crippen molar-refractivity contribution in [3.63, 3.8) is 0 Å². The third kappa shape index (κ3) is 5.85. The molecular weight excluding hydrogens is 419 g/mol. The Kier molecular flexibility index (Phi) is 6.88. The van der Waals surface area contributed by atoms with Gasteiger partial charge in [-0.3, -0.25) is 0 Å². The Morgan fingerprint density at radius 2 is 1.91 bits per heavy atom. The van der Waals surface area contributed by atoms with Gasteiger partial charge in [-0.15, -0.1) is 6.58 Å². The molecule has 1 aromatic carbocycles. The van der Waals surface area contributed by atoms with Gasteiger partial charge in [0.1, 0.15) is 5.82 Å². The van der Waals surface area contributed by atoms with Gasteiger partial charge in [0.05, 0.1) is 11.0 Å². The van der Waals surface area contributed by atoms with Gasteiger partial charge in [0, 0.05) is 19.5 Å². The highest BCUT2D eigenvalue weighted by molar-refractivity contribution is 5.81. The molecule has 0 aliphatic rings. The Morgan fingerprint density at radius 3 is 2.53 bits per heavy atom. The van der Waals surface area contributed by atoms with Crippen molar-refractivity contribution in [1.29, 1.82) is 0 Å². The molecule has 0 fully saturated rings. The van der Waals surface area contributed by atoms with Crippen LogP contribution in [0.5, 0.6) is 0 Å². The van der Waals surface area contributed by atoms with Crippen molar-refractivity contribution in [2.75, 3.05) is 20.6 Å². The molecule has 3 aromatic rings. The van der Waals surface area contributed by atoms with Gasteiger partial charge < -0.3 is 14.0 Å². The molecule has 0 saturated heterocycles. The van der Waals surface area contributed by atoms with E-state index < -0.39 is 12.1 Å². The Labute approximate surface area is 185 Å². The molecule has 2 aromatic heterocycles. The molecule has 9 heteroatoms. The third-order valence-electron chi connectivity index (χ3n) is 4.86. The zero-order chi connectivity index (χ0) is 23.5. The van der Waals surface area contributed by atoms with Crippen molar-refractivity contribution >= 4 is 23.2 Å². The van der Waals surface area contributed by atoms with Crippen molar-refractivity contribution in [2.45, 2.75) is 39.4 Å². The molecule has 0 unspecified atom stereocenters. The van der Waals surface area contributed by atoms with Crippen LogP contribution in [0.25, 0.3) is 23.2 Å². The lowest BCUT2D eigenvalue weighted by Gasteiger charge is -2.29. The van der Waals surface area contributed by atoms with E-state index in [-0.39, 0.29) is 11.2 Å². The number of rotatable bonds is 9. The number of hydrogen-bond donors (Lipinski definition) is 0. The monoisotopic (exact) mass is 447 g/mol. The minimum absolute atomic E-state index is 0.0352. The lowest BCUT2D eigenvalue weighted by molar-refractivity contribution is -0.159. The maximum Gasteiger partial charge on any atom is 0.471 e. The van der Waals surface area contributed by atoms with Crippen LogP contribution >= 0.6 is 0 Å². The first-order chi connectivity index (χ1) is 15.0. The van der Waals surface area contributed by atoms with Crippen molar-refractivity contribution in [3.8, 4) is 0 Å². The number of allylic oxidation sites excluding steroid dienone is 1. The second-order valence-corrected chi connectivity index (χ2v) is 8.88. The van der Waals surface area contributed by atoms with Gasteiger partial charge in [0.15, 0.2) is 5.82 Å². The number of nitrogens with zero attached hydrogens (tertiary/aromatic N) is 5. The van der Waals surface area contributed by atoms with Crippen LogP contribution in [-0.2, 0) is 19.1 Å². The zero-order valence-corrected chi connectivity index (χ0v) is 18.8. The second-order valence-electron chi connectivity index (χ2n) is 8.88. The normalized spacial score (nSPS) is 13.0.